The van der Waals surface area contributed by atoms with Crippen LogP contribution in [0.5, 0.6) is 0 Å². The van der Waals surface area contributed by atoms with E-state index in [9.17, 15) is 9.59 Å². The molecule has 0 saturated carbocycles. The summed E-state index contributed by atoms with van der Waals surface area (Å²) < 4.78 is 1.99. The van der Waals surface area contributed by atoms with Crippen molar-refractivity contribution in [1.82, 2.24) is 19.8 Å². The highest BCUT2D eigenvalue weighted by Crippen LogP contribution is 2.19. The number of anilines is 1. The normalized spacial score (nSPS) is 13.6. The number of imidazole rings is 1. The zero-order chi connectivity index (χ0) is 20.9. The zero-order valence-electron chi connectivity index (χ0n) is 17.2. The second-order valence-corrected chi connectivity index (χ2v) is 7.53. The van der Waals surface area contributed by atoms with Crippen LogP contribution in [-0.2, 0) is 13.0 Å². The van der Waals surface area contributed by atoms with Gasteiger partial charge in [-0.05, 0) is 49.1 Å². The molecule has 0 spiro atoms. The molecule has 1 aliphatic heterocycles. The third-order valence-electron chi connectivity index (χ3n) is 5.55. The van der Waals surface area contributed by atoms with Crippen molar-refractivity contribution in [3.63, 3.8) is 0 Å². The summed E-state index contributed by atoms with van der Waals surface area (Å²) >= 11 is 0. The van der Waals surface area contributed by atoms with Gasteiger partial charge in [0.15, 0.2) is 0 Å². The molecule has 1 aromatic heterocycles. The summed E-state index contributed by atoms with van der Waals surface area (Å²) in [5.41, 5.74) is 4.36. The van der Waals surface area contributed by atoms with E-state index in [0.717, 1.165) is 54.6 Å². The van der Waals surface area contributed by atoms with E-state index >= 15 is 0 Å². The van der Waals surface area contributed by atoms with Crippen LogP contribution < -0.4 is 10.6 Å². The molecule has 0 bridgehead atoms. The largest absolute Gasteiger partial charge is 0.339 e. The number of hydrogen-bond donors (Lipinski definition) is 2. The number of para-hydroxylation sites is 1. The second-order valence-electron chi connectivity index (χ2n) is 7.53. The van der Waals surface area contributed by atoms with Gasteiger partial charge in [-0.15, -0.1) is 0 Å². The lowest BCUT2D eigenvalue weighted by Gasteiger charge is -2.15. The molecule has 7 nitrogen and oxygen atoms in total. The second kappa shape index (κ2) is 8.98. The number of nitrogens with one attached hydrogen (secondary N) is 2. The molecule has 156 valence electrons. The first-order valence-electron chi connectivity index (χ1n) is 10.5. The van der Waals surface area contributed by atoms with Crippen LogP contribution in [0.3, 0.4) is 0 Å². The standard InChI is InChI=1S/C23H27N5O2/c1-2-17-7-3-4-8-19(17)26-23(30)24-11-14-28-16-25-20-15-18(9-10-21(20)28)22(29)27-12-5-6-13-27/h3-4,7-10,15-16H,2,5-6,11-14H2,1H3,(H2,24,26,30). The Morgan fingerprint density at radius 1 is 1.10 bits per heavy atom. The van der Waals surface area contributed by atoms with Crippen LogP contribution in [-0.4, -0.2) is 46.0 Å². The molecule has 4 rings (SSSR count). The van der Waals surface area contributed by atoms with Gasteiger partial charge < -0.3 is 20.1 Å². The van der Waals surface area contributed by atoms with Gasteiger partial charge in [-0.1, -0.05) is 25.1 Å². The number of amides is 3. The fourth-order valence-electron chi connectivity index (χ4n) is 3.88. The quantitative estimate of drug-likeness (QED) is 0.657. The van der Waals surface area contributed by atoms with Crippen molar-refractivity contribution in [3.8, 4) is 0 Å². The number of carbonyl (C=O) groups is 2. The Morgan fingerprint density at radius 3 is 2.70 bits per heavy atom. The number of hydrogen-bond acceptors (Lipinski definition) is 3. The molecule has 1 saturated heterocycles. The maximum Gasteiger partial charge on any atom is 0.319 e. The fourth-order valence-corrected chi connectivity index (χ4v) is 3.88. The molecule has 7 heteroatoms. The lowest BCUT2D eigenvalue weighted by molar-refractivity contribution is 0.0793. The van der Waals surface area contributed by atoms with Crippen molar-refractivity contribution in [1.29, 1.82) is 0 Å². The number of fused-ring (bicyclic) bond motifs is 1. The molecule has 3 aromatic rings. The Hall–Kier alpha value is -3.35. The van der Waals surface area contributed by atoms with Gasteiger partial charge in [-0.25, -0.2) is 9.78 Å². The maximum atomic E-state index is 12.6. The Balaban J connectivity index is 1.35. The monoisotopic (exact) mass is 405 g/mol. The van der Waals surface area contributed by atoms with Crippen LogP contribution in [0.25, 0.3) is 11.0 Å². The minimum absolute atomic E-state index is 0.0784. The summed E-state index contributed by atoms with van der Waals surface area (Å²) in [4.78, 5) is 31.1. The molecule has 3 amide bonds. The fraction of sp³-hybridized carbons (Fsp3) is 0.348. The summed E-state index contributed by atoms with van der Waals surface area (Å²) in [6, 6.07) is 13.2. The Bertz CT molecular complexity index is 1050. The van der Waals surface area contributed by atoms with E-state index in [0.29, 0.717) is 18.7 Å². The highest BCUT2D eigenvalue weighted by Gasteiger charge is 2.20. The molecule has 2 N–H and O–H groups in total. The molecule has 0 atom stereocenters. The van der Waals surface area contributed by atoms with E-state index in [1.807, 2.05) is 51.9 Å². The number of carbonyl (C=O) groups excluding carboxylic acids is 2. The lowest BCUT2D eigenvalue weighted by Crippen LogP contribution is -2.31. The molecular formula is C23H27N5O2. The maximum absolute atomic E-state index is 12.6. The smallest absolute Gasteiger partial charge is 0.319 e. The molecule has 1 fully saturated rings. The molecule has 0 unspecified atom stereocenters. The van der Waals surface area contributed by atoms with Crippen LogP contribution in [0, 0.1) is 0 Å². The number of likely N-dealkylation sites (tertiary alicyclic amines) is 1. The minimum Gasteiger partial charge on any atom is -0.339 e. The van der Waals surface area contributed by atoms with Gasteiger partial charge in [0.1, 0.15) is 0 Å². The van der Waals surface area contributed by atoms with Gasteiger partial charge in [0, 0.05) is 37.4 Å². The summed E-state index contributed by atoms with van der Waals surface area (Å²) in [5.74, 6) is 0.0784. The van der Waals surface area contributed by atoms with Crippen molar-refractivity contribution >= 4 is 28.7 Å². The average molecular weight is 406 g/mol. The number of rotatable bonds is 6. The first kappa shape index (κ1) is 19.9. The van der Waals surface area contributed by atoms with Gasteiger partial charge in [0.05, 0.1) is 17.4 Å². The summed E-state index contributed by atoms with van der Waals surface area (Å²) in [6.45, 7) is 4.80. The molecular weight excluding hydrogens is 378 g/mol. The van der Waals surface area contributed by atoms with Crippen LogP contribution in [0.15, 0.2) is 48.8 Å². The predicted octanol–water partition coefficient (Wildman–Crippen LogP) is 3.66. The SMILES string of the molecule is CCc1ccccc1NC(=O)NCCn1cnc2cc(C(=O)N3CCCC3)ccc21. The average Bonchev–Trinajstić information content (AvgIpc) is 3.44. The van der Waals surface area contributed by atoms with Crippen molar-refractivity contribution in [2.75, 3.05) is 25.0 Å². The molecule has 2 heterocycles. The van der Waals surface area contributed by atoms with E-state index < -0.39 is 0 Å². The minimum atomic E-state index is -0.223. The van der Waals surface area contributed by atoms with E-state index in [2.05, 4.69) is 22.5 Å². The predicted molar refractivity (Wildman–Crippen MR) is 118 cm³/mol. The Labute approximate surface area is 176 Å². The highest BCUT2D eigenvalue weighted by molar-refractivity contribution is 5.97. The van der Waals surface area contributed by atoms with Gasteiger partial charge in [0.2, 0.25) is 0 Å². The van der Waals surface area contributed by atoms with Crippen molar-refractivity contribution < 1.29 is 9.59 Å². The molecule has 1 aliphatic rings. The van der Waals surface area contributed by atoms with E-state index in [1.54, 1.807) is 6.33 Å². The highest BCUT2D eigenvalue weighted by atomic mass is 16.2. The number of benzene rings is 2. The van der Waals surface area contributed by atoms with E-state index in [1.165, 1.54) is 0 Å². The third kappa shape index (κ3) is 4.30. The van der Waals surface area contributed by atoms with Gasteiger partial charge >= 0.3 is 6.03 Å². The van der Waals surface area contributed by atoms with Crippen LogP contribution in [0.1, 0.15) is 35.7 Å². The van der Waals surface area contributed by atoms with Gasteiger partial charge in [-0.2, -0.15) is 0 Å². The van der Waals surface area contributed by atoms with Crippen molar-refractivity contribution in [2.45, 2.75) is 32.7 Å². The van der Waals surface area contributed by atoms with Crippen molar-refractivity contribution in [3.05, 3.63) is 59.9 Å². The van der Waals surface area contributed by atoms with Crippen molar-refractivity contribution in [2.24, 2.45) is 0 Å². The number of nitrogens with zero attached hydrogens (tertiary/aromatic N) is 3. The van der Waals surface area contributed by atoms with E-state index in [-0.39, 0.29) is 11.9 Å². The van der Waals surface area contributed by atoms with E-state index in [4.69, 9.17) is 0 Å². The summed E-state index contributed by atoms with van der Waals surface area (Å²) in [6.07, 6.45) is 4.76. The number of aromatic nitrogens is 2. The summed E-state index contributed by atoms with van der Waals surface area (Å²) in [5, 5.41) is 5.80. The molecule has 0 aliphatic carbocycles. The molecule has 2 aromatic carbocycles. The first-order valence-corrected chi connectivity index (χ1v) is 10.5. The molecule has 0 radical (unpaired) electrons. The van der Waals surface area contributed by atoms with Gasteiger partial charge in [0.25, 0.3) is 5.91 Å². The Kier molecular flexibility index (Phi) is 5.97. The number of aryl methyl sites for hydroxylation is 1. The third-order valence-corrected chi connectivity index (χ3v) is 5.55. The van der Waals surface area contributed by atoms with Crippen LogP contribution in [0.2, 0.25) is 0 Å². The summed E-state index contributed by atoms with van der Waals surface area (Å²) in [7, 11) is 0. The van der Waals surface area contributed by atoms with Crippen LogP contribution in [0.4, 0.5) is 10.5 Å². The molecule has 30 heavy (non-hydrogen) atoms. The zero-order valence-corrected chi connectivity index (χ0v) is 17.2. The van der Waals surface area contributed by atoms with Gasteiger partial charge in [-0.3, -0.25) is 4.79 Å². The lowest BCUT2D eigenvalue weighted by atomic mass is 10.1. The van der Waals surface area contributed by atoms with Crippen LogP contribution >= 0.6 is 0 Å². The Morgan fingerprint density at radius 2 is 1.90 bits per heavy atom. The topological polar surface area (TPSA) is 79.3 Å². The first-order chi connectivity index (χ1) is 14.7. The number of urea groups is 1.